The highest BCUT2D eigenvalue weighted by Gasteiger charge is 2.25. The summed E-state index contributed by atoms with van der Waals surface area (Å²) in [6.07, 6.45) is 6.59. The van der Waals surface area contributed by atoms with Gasteiger partial charge in [-0.2, -0.15) is 0 Å². The van der Waals surface area contributed by atoms with Crippen molar-refractivity contribution in [2.75, 3.05) is 0 Å². The standard InChI is InChI=1S/C14H21NO/c1-14(8-3-2-4-9-14)15-11-12-6-5-7-13(16)10-12/h5-7,10,15-16H,2-4,8-9,11H2,1H3. The fraction of sp³-hybridized carbons (Fsp3) is 0.571. The molecule has 1 saturated carbocycles. The fourth-order valence-electron chi connectivity index (χ4n) is 2.49. The number of aromatic hydroxyl groups is 1. The monoisotopic (exact) mass is 219 g/mol. The lowest BCUT2D eigenvalue weighted by molar-refractivity contribution is 0.252. The molecule has 0 aliphatic heterocycles. The van der Waals surface area contributed by atoms with Crippen molar-refractivity contribution < 1.29 is 5.11 Å². The summed E-state index contributed by atoms with van der Waals surface area (Å²) in [6.45, 7) is 3.17. The van der Waals surface area contributed by atoms with E-state index in [2.05, 4.69) is 18.3 Å². The fourth-order valence-corrected chi connectivity index (χ4v) is 2.49. The Hall–Kier alpha value is -1.02. The molecule has 0 spiro atoms. The maximum atomic E-state index is 9.39. The van der Waals surface area contributed by atoms with E-state index in [1.807, 2.05) is 12.1 Å². The summed E-state index contributed by atoms with van der Waals surface area (Å²) in [6, 6.07) is 7.50. The molecule has 0 saturated heterocycles. The summed E-state index contributed by atoms with van der Waals surface area (Å²) in [4.78, 5) is 0. The number of phenols is 1. The highest BCUT2D eigenvalue weighted by molar-refractivity contribution is 5.27. The molecule has 2 nitrogen and oxygen atoms in total. The van der Waals surface area contributed by atoms with Crippen LogP contribution < -0.4 is 5.32 Å². The topological polar surface area (TPSA) is 32.3 Å². The third kappa shape index (κ3) is 2.99. The van der Waals surface area contributed by atoms with E-state index in [1.54, 1.807) is 6.07 Å². The van der Waals surface area contributed by atoms with Gasteiger partial charge in [-0.25, -0.2) is 0 Å². The van der Waals surface area contributed by atoms with Crippen molar-refractivity contribution in [3.8, 4) is 5.75 Å². The van der Waals surface area contributed by atoms with Gasteiger partial charge in [0.05, 0.1) is 0 Å². The van der Waals surface area contributed by atoms with Gasteiger partial charge in [-0.3, -0.25) is 0 Å². The number of benzene rings is 1. The van der Waals surface area contributed by atoms with Crippen LogP contribution >= 0.6 is 0 Å². The lowest BCUT2D eigenvalue weighted by Gasteiger charge is -2.34. The second kappa shape index (κ2) is 4.88. The molecule has 1 aliphatic rings. The zero-order valence-electron chi connectivity index (χ0n) is 10.00. The molecule has 0 radical (unpaired) electrons. The molecule has 1 fully saturated rings. The molecule has 0 atom stereocenters. The van der Waals surface area contributed by atoms with Crippen LogP contribution in [0.5, 0.6) is 5.75 Å². The Morgan fingerprint density at radius 3 is 2.69 bits per heavy atom. The molecule has 0 aromatic heterocycles. The normalized spacial score (nSPS) is 19.6. The minimum atomic E-state index is 0.295. The first-order valence-electron chi connectivity index (χ1n) is 6.21. The van der Waals surface area contributed by atoms with E-state index in [0.29, 0.717) is 11.3 Å². The van der Waals surface area contributed by atoms with Crippen LogP contribution in [0.15, 0.2) is 24.3 Å². The molecule has 1 aromatic rings. The van der Waals surface area contributed by atoms with Gasteiger partial charge in [-0.15, -0.1) is 0 Å². The van der Waals surface area contributed by atoms with Crippen LogP contribution in [0.25, 0.3) is 0 Å². The minimum absolute atomic E-state index is 0.295. The van der Waals surface area contributed by atoms with Crippen LogP contribution in [-0.4, -0.2) is 10.6 Å². The van der Waals surface area contributed by atoms with Crippen LogP contribution in [0, 0.1) is 0 Å². The molecular formula is C14H21NO. The number of rotatable bonds is 3. The molecule has 2 N–H and O–H groups in total. The molecule has 2 heteroatoms. The van der Waals surface area contributed by atoms with Crippen LogP contribution in [0.2, 0.25) is 0 Å². The lowest BCUT2D eigenvalue weighted by Crippen LogP contribution is -2.43. The van der Waals surface area contributed by atoms with Gasteiger partial charge >= 0.3 is 0 Å². The van der Waals surface area contributed by atoms with E-state index in [-0.39, 0.29) is 0 Å². The average molecular weight is 219 g/mol. The van der Waals surface area contributed by atoms with Gasteiger partial charge in [0.2, 0.25) is 0 Å². The molecule has 0 heterocycles. The van der Waals surface area contributed by atoms with Crippen molar-refractivity contribution in [3.63, 3.8) is 0 Å². The molecule has 0 amide bonds. The quantitative estimate of drug-likeness (QED) is 0.818. The van der Waals surface area contributed by atoms with Gasteiger partial charge in [-0.05, 0) is 37.5 Å². The number of hydrogen-bond donors (Lipinski definition) is 2. The summed E-state index contributed by atoms with van der Waals surface area (Å²) < 4.78 is 0. The Labute approximate surface area is 97.7 Å². The zero-order valence-corrected chi connectivity index (χ0v) is 10.00. The van der Waals surface area contributed by atoms with Crippen molar-refractivity contribution in [1.82, 2.24) is 5.32 Å². The van der Waals surface area contributed by atoms with Crippen molar-refractivity contribution in [2.24, 2.45) is 0 Å². The predicted octanol–water partition coefficient (Wildman–Crippen LogP) is 3.20. The summed E-state index contributed by atoms with van der Waals surface area (Å²) in [5, 5.41) is 13.0. The Bertz CT molecular complexity index is 342. The Balaban J connectivity index is 1.91. The van der Waals surface area contributed by atoms with E-state index < -0.39 is 0 Å². The van der Waals surface area contributed by atoms with Gasteiger partial charge in [0.1, 0.15) is 5.75 Å². The smallest absolute Gasteiger partial charge is 0.115 e. The zero-order chi connectivity index (χ0) is 11.4. The summed E-state index contributed by atoms with van der Waals surface area (Å²) in [7, 11) is 0. The second-order valence-corrected chi connectivity index (χ2v) is 5.14. The highest BCUT2D eigenvalue weighted by Crippen LogP contribution is 2.27. The van der Waals surface area contributed by atoms with E-state index in [0.717, 1.165) is 12.1 Å². The van der Waals surface area contributed by atoms with Crippen LogP contribution in [0.4, 0.5) is 0 Å². The lowest BCUT2D eigenvalue weighted by atomic mass is 9.83. The SMILES string of the molecule is CC1(NCc2cccc(O)c2)CCCCC1. The maximum absolute atomic E-state index is 9.39. The van der Waals surface area contributed by atoms with Crippen LogP contribution in [0.3, 0.4) is 0 Å². The Morgan fingerprint density at radius 1 is 1.25 bits per heavy atom. The number of phenolic OH excluding ortho intramolecular Hbond substituents is 1. The van der Waals surface area contributed by atoms with Crippen LogP contribution in [-0.2, 0) is 6.54 Å². The molecule has 2 rings (SSSR count). The van der Waals surface area contributed by atoms with E-state index in [9.17, 15) is 5.11 Å². The average Bonchev–Trinajstić information content (AvgIpc) is 2.28. The molecule has 88 valence electrons. The van der Waals surface area contributed by atoms with Gasteiger partial charge in [-0.1, -0.05) is 31.4 Å². The second-order valence-electron chi connectivity index (χ2n) is 5.14. The molecule has 16 heavy (non-hydrogen) atoms. The Morgan fingerprint density at radius 2 is 2.00 bits per heavy atom. The van der Waals surface area contributed by atoms with Crippen molar-refractivity contribution in [3.05, 3.63) is 29.8 Å². The summed E-state index contributed by atoms with van der Waals surface area (Å²) in [5.41, 5.74) is 1.45. The molecular weight excluding hydrogens is 198 g/mol. The predicted molar refractivity (Wildman–Crippen MR) is 66.4 cm³/mol. The molecule has 1 aromatic carbocycles. The first kappa shape index (κ1) is 11.5. The first-order valence-corrected chi connectivity index (χ1v) is 6.21. The highest BCUT2D eigenvalue weighted by atomic mass is 16.3. The van der Waals surface area contributed by atoms with E-state index >= 15 is 0 Å². The van der Waals surface area contributed by atoms with Crippen molar-refractivity contribution >= 4 is 0 Å². The minimum Gasteiger partial charge on any atom is -0.508 e. The third-order valence-corrected chi connectivity index (χ3v) is 3.59. The van der Waals surface area contributed by atoms with Gasteiger partial charge in [0, 0.05) is 12.1 Å². The third-order valence-electron chi connectivity index (χ3n) is 3.59. The summed E-state index contributed by atoms with van der Waals surface area (Å²) in [5.74, 6) is 0.355. The van der Waals surface area contributed by atoms with Gasteiger partial charge in [0.25, 0.3) is 0 Å². The number of nitrogens with one attached hydrogen (secondary N) is 1. The summed E-state index contributed by atoms with van der Waals surface area (Å²) >= 11 is 0. The van der Waals surface area contributed by atoms with E-state index in [4.69, 9.17) is 0 Å². The van der Waals surface area contributed by atoms with Crippen LogP contribution in [0.1, 0.15) is 44.6 Å². The van der Waals surface area contributed by atoms with Crippen molar-refractivity contribution in [1.29, 1.82) is 0 Å². The molecule has 0 unspecified atom stereocenters. The number of hydrogen-bond acceptors (Lipinski definition) is 2. The molecule has 1 aliphatic carbocycles. The van der Waals surface area contributed by atoms with E-state index in [1.165, 1.54) is 32.1 Å². The van der Waals surface area contributed by atoms with Crippen molar-refractivity contribution in [2.45, 2.75) is 51.1 Å². The molecule has 0 bridgehead atoms. The maximum Gasteiger partial charge on any atom is 0.115 e. The largest absolute Gasteiger partial charge is 0.508 e. The van der Waals surface area contributed by atoms with Gasteiger partial charge in [0.15, 0.2) is 0 Å². The van der Waals surface area contributed by atoms with Gasteiger partial charge < -0.3 is 10.4 Å². The Kier molecular flexibility index (Phi) is 3.49. The first-order chi connectivity index (χ1) is 7.68.